The normalized spacial score (nSPS) is 17.0. The molecule has 30 heteroatoms. The first kappa shape index (κ1) is 67.5. The molecular formula is C61H69N12O16PS. The Hall–Kier alpha value is -9.40. The Morgan fingerprint density at radius 3 is 2.36 bits per heavy atom. The van der Waals surface area contributed by atoms with Gasteiger partial charge in [0.1, 0.15) is 30.9 Å². The third-order valence-electron chi connectivity index (χ3n) is 14.7. The zero-order valence-corrected chi connectivity index (χ0v) is 51.7. The fraction of sp³-hybridized carbons (Fsp3) is 0.361. The first-order valence-corrected chi connectivity index (χ1v) is 31.4. The SMILES string of the molecule is COP(O)(=S)OC[C@H]1O[C@@H](n2cnc3c(=O)[nH]c(NC(=O)c4ccccc4CN(C)C(=O)OCc4ccc(NC(=O)[C@H](CCCNC(N)=O)NC(=O)C(NC(=O)CCCCC(=O)N5Cc6ccccc6C#Cc6ccccc65)C(C)C)cc4)nc32)[C@H](OC=O)[C@@H]1O. The van der Waals surface area contributed by atoms with E-state index in [0.29, 0.717) is 41.9 Å². The van der Waals surface area contributed by atoms with E-state index in [9.17, 15) is 53.2 Å². The van der Waals surface area contributed by atoms with E-state index in [2.05, 4.69) is 53.4 Å². The average Bonchev–Trinajstić information content (AvgIpc) is 1.64. The van der Waals surface area contributed by atoms with Crippen molar-refractivity contribution in [2.45, 2.75) is 109 Å². The number of hydrogen-bond donors (Lipinski definition) is 9. The molecule has 8 rings (SSSR count). The van der Waals surface area contributed by atoms with Crippen molar-refractivity contribution >= 4 is 95.1 Å². The molecule has 0 saturated carbocycles. The number of aromatic nitrogens is 4. The third-order valence-corrected chi connectivity index (χ3v) is 16.4. The van der Waals surface area contributed by atoms with Gasteiger partial charge in [0.2, 0.25) is 29.6 Å². The number of ether oxygens (including phenoxy) is 3. The number of unbranched alkanes of at least 4 members (excludes halogenated alkanes) is 1. The number of urea groups is 1. The van der Waals surface area contributed by atoms with E-state index in [1.807, 2.05) is 48.5 Å². The lowest BCUT2D eigenvalue weighted by atomic mass is 10.0. The minimum absolute atomic E-state index is 0.0390. The predicted octanol–water partition coefficient (Wildman–Crippen LogP) is 4.34. The summed E-state index contributed by atoms with van der Waals surface area (Å²) < 4.78 is 27.8. The van der Waals surface area contributed by atoms with Crippen molar-refractivity contribution in [3.63, 3.8) is 0 Å². The monoisotopic (exact) mass is 1290 g/mol. The summed E-state index contributed by atoms with van der Waals surface area (Å²) in [6.07, 6.45) is -3.70. The third kappa shape index (κ3) is 17.9. The van der Waals surface area contributed by atoms with Gasteiger partial charge in [-0.2, -0.15) is 4.98 Å². The van der Waals surface area contributed by atoms with E-state index in [1.165, 1.54) is 22.6 Å². The number of primary amides is 1. The number of aliphatic hydroxyl groups is 1. The van der Waals surface area contributed by atoms with Gasteiger partial charge in [0, 0.05) is 62.5 Å². The Balaban J connectivity index is 0.825. The molecule has 2 aliphatic rings. The van der Waals surface area contributed by atoms with E-state index in [1.54, 1.807) is 61.2 Å². The van der Waals surface area contributed by atoms with Gasteiger partial charge in [-0.15, -0.1) is 0 Å². The molecular weight excluding hydrogens is 1220 g/mol. The molecule has 4 heterocycles. The van der Waals surface area contributed by atoms with Gasteiger partial charge >= 0.3 is 18.8 Å². The molecule has 4 aromatic carbocycles. The van der Waals surface area contributed by atoms with Gasteiger partial charge in [-0.3, -0.25) is 48.4 Å². The number of nitrogens with zero attached hydrogens (tertiary/aromatic N) is 5. The summed E-state index contributed by atoms with van der Waals surface area (Å²) in [7, 11) is 2.60. The lowest BCUT2D eigenvalue weighted by Crippen LogP contribution is -2.54. The van der Waals surface area contributed by atoms with Crippen molar-refractivity contribution in [3.8, 4) is 11.8 Å². The van der Waals surface area contributed by atoms with Crippen LogP contribution in [0.4, 0.5) is 26.9 Å². The lowest BCUT2D eigenvalue weighted by Gasteiger charge is -2.26. The largest absolute Gasteiger partial charge is 0.457 e. The molecule has 480 valence electrons. The summed E-state index contributed by atoms with van der Waals surface area (Å²) in [5.41, 5.74) is 8.71. The summed E-state index contributed by atoms with van der Waals surface area (Å²) in [5, 5.41) is 24.4. The standard InChI is InChI=1S/C61H69N12O16PS/c1-36(2)49(67-47(75)21-11-12-22-48(76)72-31-40-16-6-5-14-38(40)25-26-39-15-8-10-20-45(39)72)56(80)66-44(19-13-29-63-59(62)82)55(79)65-42-27-23-37(24-28-42)32-86-61(83)71(3)30-41-17-7-9-18-43(41)54(78)69-60-68-53-50(57(81)70-60)64-34-73(53)58-52(87-35-74)51(77)46(89-58)33-88-90(84,91)85-4/h5-10,14-18,20,23-24,27-28,34-36,44,46,49,51-52,58,77H,11-13,19,21-22,29-33H2,1-4H3,(H,65,79)(H,66,80)(H,67,75)(H,84,91)(H3,62,63,82)(H2,68,69,70,78,81)/t44-,46+,49?,51+,52+,58+,90?/m0/s1. The number of amides is 8. The van der Waals surface area contributed by atoms with Gasteiger partial charge in [0.15, 0.2) is 23.5 Å². The zero-order chi connectivity index (χ0) is 65.4. The van der Waals surface area contributed by atoms with Gasteiger partial charge < -0.3 is 70.1 Å². The van der Waals surface area contributed by atoms with Gasteiger partial charge in [-0.05, 0) is 96.5 Å². The minimum atomic E-state index is -3.67. The first-order valence-electron chi connectivity index (χ1n) is 28.8. The molecule has 1 saturated heterocycles. The molecule has 0 bridgehead atoms. The molecule has 0 radical (unpaired) electrons. The molecule has 2 aromatic heterocycles. The summed E-state index contributed by atoms with van der Waals surface area (Å²) in [5.74, 6) is 3.23. The highest BCUT2D eigenvalue weighted by Gasteiger charge is 2.48. The highest BCUT2D eigenvalue weighted by Crippen LogP contribution is 2.44. The van der Waals surface area contributed by atoms with Gasteiger partial charge in [0.25, 0.3) is 17.9 Å². The fourth-order valence-electron chi connectivity index (χ4n) is 9.96. The number of benzene rings is 4. The van der Waals surface area contributed by atoms with Crippen molar-refractivity contribution in [2.24, 2.45) is 11.7 Å². The molecule has 6 aromatic rings. The Kier molecular flexibility index (Phi) is 23.3. The van der Waals surface area contributed by atoms with Crippen LogP contribution >= 0.6 is 6.72 Å². The topological polar surface area (TPSA) is 379 Å². The summed E-state index contributed by atoms with van der Waals surface area (Å²) in [4.78, 5) is 142. The number of anilines is 3. The molecule has 28 nitrogen and oxygen atoms in total. The smallest absolute Gasteiger partial charge is 0.410 e. The zero-order valence-electron chi connectivity index (χ0n) is 50.0. The number of H-pyrrole nitrogens is 1. The number of fused-ring (bicyclic) bond motifs is 3. The van der Waals surface area contributed by atoms with Crippen LogP contribution in [0.5, 0.6) is 0 Å². The number of aliphatic hydroxyl groups excluding tert-OH is 1. The Labute approximate surface area is 527 Å². The second-order valence-electron chi connectivity index (χ2n) is 21.5. The second-order valence-corrected chi connectivity index (χ2v) is 24.5. The van der Waals surface area contributed by atoms with Gasteiger partial charge in [-0.1, -0.05) is 86.4 Å². The summed E-state index contributed by atoms with van der Waals surface area (Å²) >= 11 is 4.86. The van der Waals surface area contributed by atoms with Crippen LogP contribution in [0.1, 0.15) is 96.8 Å². The maximum atomic E-state index is 13.9. The molecule has 2 aliphatic heterocycles. The maximum Gasteiger partial charge on any atom is 0.410 e. The molecule has 0 spiro atoms. The van der Waals surface area contributed by atoms with Crippen LogP contribution in [0.25, 0.3) is 11.2 Å². The molecule has 91 heavy (non-hydrogen) atoms. The minimum Gasteiger partial charge on any atom is -0.457 e. The molecule has 1 fully saturated rings. The van der Waals surface area contributed by atoms with Crippen molar-refractivity contribution in [1.82, 2.24) is 40.4 Å². The number of aromatic amines is 1. The Morgan fingerprint density at radius 2 is 1.63 bits per heavy atom. The van der Waals surface area contributed by atoms with Crippen LogP contribution in [0.15, 0.2) is 108 Å². The van der Waals surface area contributed by atoms with Crippen LogP contribution < -0.4 is 42.8 Å². The van der Waals surface area contributed by atoms with Crippen molar-refractivity contribution < 1.29 is 71.6 Å². The van der Waals surface area contributed by atoms with E-state index in [0.717, 1.165) is 30.1 Å². The quantitative estimate of drug-likeness (QED) is 0.0143. The fourth-order valence-corrected chi connectivity index (χ4v) is 10.6. The number of nitrogens with one attached hydrogen (secondary N) is 6. The van der Waals surface area contributed by atoms with Gasteiger partial charge in [0.05, 0.1) is 25.2 Å². The van der Waals surface area contributed by atoms with E-state index < -0.39 is 97.2 Å². The highest BCUT2D eigenvalue weighted by molar-refractivity contribution is 8.07. The number of nitrogens with two attached hydrogens (primary N) is 1. The van der Waals surface area contributed by atoms with E-state index >= 15 is 0 Å². The number of carbonyl (C=O) groups excluding carboxylic acids is 8. The first-order chi connectivity index (χ1) is 43.6. The van der Waals surface area contributed by atoms with Crippen LogP contribution in [0.3, 0.4) is 0 Å². The number of para-hydroxylation sites is 1. The highest BCUT2D eigenvalue weighted by atomic mass is 32.5. The maximum absolute atomic E-state index is 13.9. The Morgan fingerprint density at radius 1 is 0.923 bits per heavy atom. The molecule has 8 amide bonds. The second kappa shape index (κ2) is 31.4. The average molecular weight is 1290 g/mol. The number of hydrogen-bond acceptors (Lipinski definition) is 18. The Bertz CT molecular complexity index is 3840. The van der Waals surface area contributed by atoms with E-state index in [4.69, 9.17) is 40.8 Å². The predicted molar refractivity (Wildman–Crippen MR) is 334 cm³/mol. The number of imidazole rings is 1. The lowest BCUT2D eigenvalue weighted by molar-refractivity contribution is -0.142. The molecule has 7 atom stereocenters. The van der Waals surface area contributed by atoms with Crippen molar-refractivity contribution in [2.75, 3.05) is 42.8 Å². The summed E-state index contributed by atoms with van der Waals surface area (Å²) in [6, 6.07) is 24.9. The van der Waals surface area contributed by atoms with Gasteiger partial charge in [-0.25, -0.2) is 14.6 Å². The number of carbonyl (C=O) groups is 8. The summed E-state index contributed by atoms with van der Waals surface area (Å²) in [6.45, 7) is -0.402. The number of rotatable bonds is 28. The van der Waals surface area contributed by atoms with Crippen LogP contribution in [-0.2, 0) is 78.7 Å². The molecule has 0 aliphatic carbocycles. The van der Waals surface area contributed by atoms with Crippen molar-refractivity contribution in [1.29, 1.82) is 0 Å². The van der Waals surface area contributed by atoms with Crippen LogP contribution in [0, 0.1) is 17.8 Å². The van der Waals surface area contributed by atoms with Crippen LogP contribution in [0.2, 0.25) is 0 Å². The van der Waals surface area contributed by atoms with Crippen molar-refractivity contribution in [3.05, 3.63) is 147 Å². The molecule has 2 unspecified atom stereocenters. The van der Waals surface area contributed by atoms with E-state index in [-0.39, 0.29) is 80.4 Å². The van der Waals surface area contributed by atoms with Crippen LogP contribution in [-0.4, -0.2) is 140 Å². The molecule has 10 N–H and O–H groups in total.